The van der Waals surface area contributed by atoms with Gasteiger partial charge in [0.2, 0.25) is 0 Å². The van der Waals surface area contributed by atoms with E-state index < -0.39 is 4.92 Å². The molecule has 118 valence electrons. The third-order valence-corrected chi connectivity index (χ3v) is 3.25. The van der Waals surface area contributed by atoms with Crippen molar-refractivity contribution in [3.05, 3.63) is 28.3 Å². The predicted octanol–water partition coefficient (Wildman–Crippen LogP) is 4.77. The van der Waals surface area contributed by atoms with E-state index in [0.29, 0.717) is 12.4 Å². The van der Waals surface area contributed by atoms with Crippen LogP contribution < -0.4 is 10.1 Å². The van der Waals surface area contributed by atoms with Gasteiger partial charge in [-0.1, -0.05) is 39.0 Å². The smallest absolute Gasteiger partial charge is 0.275 e. The van der Waals surface area contributed by atoms with Gasteiger partial charge in [0.05, 0.1) is 17.6 Å². The van der Waals surface area contributed by atoms with Crippen LogP contribution in [0.1, 0.15) is 52.4 Å². The Hall–Kier alpha value is -1.78. The molecular weight excluding hydrogens is 268 g/mol. The Bertz CT molecular complexity index is 436. The van der Waals surface area contributed by atoms with Gasteiger partial charge in [0, 0.05) is 24.4 Å². The van der Waals surface area contributed by atoms with E-state index in [1.807, 2.05) is 13.0 Å². The summed E-state index contributed by atoms with van der Waals surface area (Å²) in [5.41, 5.74) is 0.788. The first-order valence-corrected chi connectivity index (χ1v) is 7.83. The number of nitro benzene ring substituents is 1. The van der Waals surface area contributed by atoms with Gasteiger partial charge in [0.1, 0.15) is 5.75 Å². The molecule has 1 aromatic carbocycles. The summed E-state index contributed by atoms with van der Waals surface area (Å²) in [5.74, 6) is 0.564. The van der Waals surface area contributed by atoms with Crippen molar-refractivity contribution in [2.24, 2.45) is 0 Å². The molecule has 0 radical (unpaired) electrons. The van der Waals surface area contributed by atoms with Crippen LogP contribution in [0.5, 0.6) is 5.75 Å². The molecule has 0 heterocycles. The number of hydrogen-bond donors (Lipinski definition) is 1. The van der Waals surface area contributed by atoms with E-state index in [9.17, 15) is 10.1 Å². The quantitative estimate of drug-likeness (QED) is 0.363. The largest absolute Gasteiger partial charge is 0.493 e. The van der Waals surface area contributed by atoms with Crippen molar-refractivity contribution in [2.75, 3.05) is 18.5 Å². The Morgan fingerprint density at radius 1 is 1.10 bits per heavy atom. The van der Waals surface area contributed by atoms with Crippen molar-refractivity contribution in [1.82, 2.24) is 0 Å². The molecule has 1 N–H and O–H groups in total. The van der Waals surface area contributed by atoms with Gasteiger partial charge in [-0.15, -0.1) is 0 Å². The molecule has 0 saturated heterocycles. The van der Waals surface area contributed by atoms with Gasteiger partial charge in [0.15, 0.2) is 0 Å². The zero-order valence-corrected chi connectivity index (χ0v) is 13.1. The Morgan fingerprint density at radius 3 is 2.48 bits per heavy atom. The molecule has 1 rings (SSSR count). The number of rotatable bonds is 11. The van der Waals surface area contributed by atoms with Crippen LogP contribution in [0.2, 0.25) is 0 Å². The minimum Gasteiger partial charge on any atom is -0.493 e. The number of nitro groups is 1. The fraction of sp³-hybridized carbons (Fsp3) is 0.625. The summed E-state index contributed by atoms with van der Waals surface area (Å²) in [6.45, 7) is 5.49. The highest BCUT2D eigenvalue weighted by molar-refractivity contribution is 5.56. The molecule has 0 spiro atoms. The van der Waals surface area contributed by atoms with Crippen LogP contribution in [0.15, 0.2) is 18.2 Å². The highest BCUT2D eigenvalue weighted by Gasteiger charge is 2.10. The van der Waals surface area contributed by atoms with Gasteiger partial charge >= 0.3 is 0 Å². The number of nitrogens with zero attached hydrogens (tertiary/aromatic N) is 1. The maximum Gasteiger partial charge on any atom is 0.275 e. The Balaban J connectivity index is 2.44. The van der Waals surface area contributed by atoms with Crippen molar-refractivity contribution in [2.45, 2.75) is 52.4 Å². The van der Waals surface area contributed by atoms with E-state index in [-0.39, 0.29) is 5.69 Å². The van der Waals surface area contributed by atoms with Gasteiger partial charge in [0.25, 0.3) is 5.69 Å². The molecule has 21 heavy (non-hydrogen) atoms. The standard InChI is InChI=1S/C16H26N2O3/c1-3-5-6-7-8-9-10-21-16-12-14(17-4-2)11-15(13-16)18(19)20/h11-13,17H,3-10H2,1-2H3. The number of unbranched alkanes of at least 4 members (excludes halogenated alkanes) is 5. The monoisotopic (exact) mass is 294 g/mol. The van der Waals surface area contributed by atoms with Crippen molar-refractivity contribution in [3.8, 4) is 5.75 Å². The number of non-ortho nitro benzene ring substituents is 1. The summed E-state index contributed by atoms with van der Waals surface area (Å²) in [7, 11) is 0. The van der Waals surface area contributed by atoms with Gasteiger partial charge in [-0.25, -0.2) is 0 Å². The zero-order valence-electron chi connectivity index (χ0n) is 13.1. The minimum atomic E-state index is -0.390. The summed E-state index contributed by atoms with van der Waals surface area (Å²) < 4.78 is 5.65. The van der Waals surface area contributed by atoms with E-state index in [1.54, 1.807) is 0 Å². The molecule has 0 amide bonds. The SMILES string of the molecule is CCCCCCCCOc1cc(NCC)cc([N+](=O)[O-])c1. The lowest BCUT2D eigenvalue weighted by molar-refractivity contribution is -0.384. The lowest BCUT2D eigenvalue weighted by atomic mass is 10.1. The molecule has 0 aliphatic rings. The van der Waals surface area contributed by atoms with E-state index in [2.05, 4.69) is 12.2 Å². The van der Waals surface area contributed by atoms with Crippen LogP contribution in [-0.4, -0.2) is 18.1 Å². The Morgan fingerprint density at radius 2 is 1.81 bits per heavy atom. The van der Waals surface area contributed by atoms with Gasteiger partial charge in [-0.3, -0.25) is 10.1 Å². The second-order valence-electron chi connectivity index (χ2n) is 5.12. The van der Waals surface area contributed by atoms with E-state index >= 15 is 0 Å². The second kappa shape index (κ2) is 10.0. The maximum atomic E-state index is 10.9. The van der Waals surface area contributed by atoms with Crippen LogP contribution >= 0.6 is 0 Å². The number of nitrogens with one attached hydrogen (secondary N) is 1. The molecule has 0 unspecified atom stereocenters. The van der Waals surface area contributed by atoms with Crippen LogP contribution in [0.3, 0.4) is 0 Å². The number of hydrogen-bond acceptors (Lipinski definition) is 4. The normalized spacial score (nSPS) is 10.4. The minimum absolute atomic E-state index is 0.0615. The molecule has 0 bridgehead atoms. The molecule has 0 atom stereocenters. The average Bonchev–Trinajstić information content (AvgIpc) is 2.46. The number of benzene rings is 1. The summed E-state index contributed by atoms with van der Waals surface area (Å²) in [6, 6.07) is 4.83. The van der Waals surface area contributed by atoms with E-state index in [1.165, 1.54) is 37.8 Å². The lowest BCUT2D eigenvalue weighted by Gasteiger charge is -2.09. The summed E-state index contributed by atoms with van der Waals surface area (Å²) >= 11 is 0. The average molecular weight is 294 g/mol. The van der Waals surface area contributed by atoms with E-state index in [0.717, 1.165) is 25.1 Å². The number of anilines is 1. The van der Waals surface area contributed by atoms with E-state index in [4.69, 9.17) is 4.74 Å². The van der Waals surface area contributed by atoms with Crippen LogP contribution in [-0.2, 0) is 0 Å². The van der Waals surface area contributed by atoms with Gasteiger partial charge in [-0.05, 0) is 13.3 Å². The van der Waals surface area contributed by atoms with Gasteiger partial charge < -0.3 is 10.1 Å². The van der Waals surface area contributed by atoms with Crippen molar-refractivity contribution in [1.29, 1.82) is 0 Å². The molecular formula is C16H26N2O3. The molecule has 5 nitrogen and oxygen atoms in total. The lowest BCUT2D eigenvalue weighted by Crippen LogP contribution is -2.01. The fourth-order valence-corrected chi connectivity index (χ4v) is 2.15. The predicted molar refractivity (Wildman–Crippen MR) is 86.1 cm³/mol. The Kier molecular flexibility index (Phi) is 8.24. The van der Waals surface area contributed by atoms with Gasteiger partial charge in [-0.2, -0.15) is 0 Å². The van der Waals surface area contributed by atoms with Crippen LogP contribution in [0, 0.1) is 10.1 Å². The van der Waals surface area contributed by atoms with Crippen molar-refractivity contribution >= 4 is 11.4 Å². The van der Waals surface area contributed by atoms with Crippen LogP contribution in [0.25, 0.3) is 0 Å². The number of ether oxygens (including phenoxy) is 1. The molecule has 0 aromatic heterocycles. The second-order valence-corrected chi connectivity index (χ2v) is 5.12. The Labute approximate surface area is 126 Å². The first-order chi connectivity index (χ1) is 10.2. The molecule has 0 fully saturated rings. The first-order valence-electron chi connectivity index (χ1n) is 7.83. The molecule has 5 heteroatoms. The topological polar surface area (TPSA) is 64.4 Å². The summed E-state index contributed by atoms with van der Waals surface area (Å²) in [6.07, 6.45) is 7.18. The zero-order chi connectivity index (χ0) is 15.5. The highest BCUT2D eigenvalue weighted by Crippen LogP contribution is 2.26. The van der Waals surface area contributed by atoms with Crippen molar-refractivity contribution in [3.63, 3.8) is 0 Å². The maximum absolute atomic E-state index is 10.9. The molecule has 0 aliphatic heterocycles. The third kappa shape index (κ3) is 6.97. The fourth-order valence-electron chi connectivity index (χ4n) is 2.15. The molecule has 1 aromatic rings. The summed E-state index contributed by atoms with van der Waals surface area (Å²) in [5, 5.41) is 14.0. The van der Waals surface area contributed by atoms with Crippen molar-refractivity contribution < 1.29 is 9.66 Å². The molecule has 0 aliphatic carbocycles. The first kappa shape index (κ1) is 17.3. The third-order valence-electron chi connectivity index (χ3n) is 3.25. The summed E-state index contributed by atoms with van der Waals surface area (Å²) in [4.78, 5) is 10.5. The molecule has 0 saturated carbocycles. The van der Waals surface area contributed by atoms with Crippen LogP contribution in [0.4, 0.5) is 11.4 Å². The highest BCUT2D eigenvalue weighted by atomic mass is 16.6.